The number of esters is 2. The number of ether oxygens (including phenoxy) is 2. The zero-order valence-electron chi connectivity index (χ0n) is 14.0. The molecular weight excluding hydrogens is 286 g/mol. The molecule has 126 valence electrons. The van der Waals surface area contributed by atoms with Gasteiger partial charge in [0.15, 0.2) is 0 Å². The smallest absolute Gasteiger partial charge is 0.320 e. The predicted molar refractivity (Wildman–Crippen MR) is 81.2 cm³/mol. The first kappa shape index (κ1) is 18.6. The van der Waals surface area contributed by atoms with Gasteiger partial charge in [-0.2, -0.15) is 0 Å². The lowest BCUT2D eigenvalue weighted by molar-refractivity contribution is -0.153. The number of rotatable bonds is 7. The molecule has 0 saturated carbocycles. The Morgan fingerprint density at radius 2 is 1.73 bits per heavy atom. The Morgan fingerprint density at radius 3 is 2.27 bits per heavy atom. The minimum Gasteiger partial charge on any atom is -0.466 e. The molecule has 1 fully saturated rings. The molecule has 1 rings (SSSR count). The average molecular weight is 313 g/mol. The van der Waals surface area contributed by atoms with E-state index in [9.17, 15) is 14.4 Å². The van der Waals surface area contributed by atoms with E-state index in [2.05, 4.69) is 0 Å². The Labute approximate surface area is 132 Å². The summed E-state index contributed by atoms with van der Waals surface area (Å²) in [6.07, 6.45) is 1.51. The maximum Gasteiger partial charge on any atom is 0.320 e. The predicted octanol–water partition coefficient (Wildman–Crippen LogP) is 1.56. The standard InChI is InChI=1S/C16H27NO5/c1-5-21-15(19)10-17-11(3)7-13(16(20)22-6-2)9-14(17)8-12(4)18/h11,13-14H,5-10H2,1-4H3. The fraction of sp³-hybridized carbons (Fsp3) is 0.812. The van der Waals surface area contributed by atoms with Crippen LogP contribution in [0.1, 0.15) is 47.0 Å². The van der Waals surface area contributed by atoms with Gasteiger partial charge in [-0.05, 0) is 40.5 Å². The summed E-state index contributed by atoms with van der Waals surface area (Å²) < 4.78 is 10.1. The molecule has 0 N–H and O–H groups in total. The number of hydrogen-bond donors (Lipinski definition) is 0. The average Bonchev–Trinajstić information content (AvgIpc) is 2.42. The van der Waals surface area contributed by atoms with E-state index < -0.39 is 0 Å². The molecule has 1 saturated heterocycles. The van der Waals surface area contributed by atoms with E-state index in [0.717, 1.165) is 0 Å². The Bertz CT molecular complexity index is 409. The highest BCUT2D eigenvalue weighted by Crippen LogP contribution is 2.30. The summed E-state index contributed by atoms with van der Waals surface area (Å²) in [6.45, 7) is 7.89. The van der Waals surface area contributed by atoms with Crippen LogP contribution in [0.15, 0.2) is 0 Å². The lowest BCUT2D eigenvalue weighted by Gasteiger charge is -2.42. The van der Waals surface area contributed by atoms with Gasteiger partial charge in [0.2, 0.25) is 0 Å². The van der Waals surface area contributed by atoms with Crippen molar-refractivity contribution in [3.63, 3.8) is 0 Å². The largest absolute Gasteiger partial charge is 0.466 e. The van der Waals surface area contributed by atoms with Gasteiger partial charge in [-0.3, -0.25) is 19.3 Å². The highest BCUT2D eigenvalue weighted by atomic mass is 16.5. The summed E-state index contributed by atoms with van der Waals surface area (Å²) in [5.74, 6) is -0.663. The van der Waals surface area contributed by atoms with Crippen LogP contribution in [0.2, 0.25) is 0 Å². The number of carbonyl (C=O) groups is 3. The van der Waals surface area contributed by atoms with Crippen LogP contribution >= 0.6 is 0 Å². The van der Waals surface area contributed by atoms with Crippen LogP contribution in [0.25, 0.3) is 0 Å². The Morgan fingerprint density at radius 1 is 1.09 bits per heavy atom. The van der Waals surface area contributed by atoms with Crippen LogP contribution in [0.3, 0.4) is 0 Å². The topological polar surface area (TPSA) is 72.9 Å². The third kappa shape index (κ3) is 5.40. The zero-order valence-corrected chi connectivity index (χ0v) is 14.0. The van der Waals surface area contributed by atoms with E-state index in [1.54, 1.807) is 13.8 Å². The van der Waals surface area contributed by atoms with Gasteiger partial charge in [-0.1, -0.05) is 0 Å². The zero-order chi connectivity index (χ0) is 16.7. The van der Waals surface area contributed by atoms with Crippen LogP contribution in [0.5, 0.6) is 0 Å². The second-order valence-corrected chi connectivity index (χ2v) is 5.81. The fourth-order valence-electron chi connectivity index (χ4n) is 3.09. The molecule has 6 heteroatoms. The van der Waals surface area contributed by atoms with Crippen LogP contribution in [-0.2, 0) is 23.9 Å². The Hall–Kier alpha value is -1.43. The summed E-state index contributed by atoms with van der Waals surface area (Å²) in [5.41, 5.74) is 0. The molecule has 0 aromatic heterocycles. The lowest BCUT2D eigenvalue weighted by Crippen LogP contribution is -2.52. The van der Waals surface area contributed by atoms with Gasteiger partial charge in [0.1, 0.15) is 5.78 Å². The highest BCUT2D eigenvalue weighted by Gasteiger charge is 2.38. The molecule has 0 spiro atoms. The Kier molecular flexibility index (Phi) is 7.51. The van der Waals surface area contributed by atoms with Gasteiger partial charge in [0, 0.05) is 18.5 Å². The van der Waals surface area contributed by atoms with Gasteiger partial charge in [-0.15, -0.1) is 0 Å². The molecular formula is C16H27NO5. The van der Waals surface area contributed by atoms with E-state index in [1.165, 1.54) is 6.92 Å². The highest BCUT2D eigenvalue weighted by molar-refractivity contribution is 5.77. The van der Waals surface area contributed by atoms with Crippen molar-refractivity contribution in [2.45, 2.75) is 59.0 Å². The number of hydrogen-bond acceptors (Lipinski definition) is 6. The first-order valence-electron chi connectivity index (χ1n) is 7.96. The number of carbonyl (C=O) groups excluding carboxylic acids is 3. The molecule has 6 nitrogen and oxygen atoms in total. The van der Waals surface area contributed by atoms with Crippen LogP contribution < -0.4 is 0 Å². The van der Waals surface area contributed by atoms with E-state index >= 15 is 0 Å². The number of piperidine rings is 1. The molecule has 0 aromatic rings. The second-order valence-electron chi connectivity index (χ2n) is 5.81. The number of likely N-dealkylation sites (tertiary alicyclic amines) is 1. The van der Waals surface area contributed by atoms with Gasteiger partial charge in [0.05, 0.1) is 25.7 Å². The molecule has 1 aliphatic heterocycles. The maximum atomic E-state index is 12.0. The normalized spacial score (nSPS) is 25.5. The molecule has 1 aliphatic rings. The van der Waals surface area contributed by atoms with Gasteiger partial charge >= 0.3 is 11.9 Å². The molecule has 22 heavy (non-hydrogen) atoms. The third-order valence-corrected chi connectivity index (χ3v) is 3.98. The van der Waals surface area contributed by atoms with Crippen LogP contribution in [-0.4, -0.2) is 54.5 Å². The summed E-state index contributed by atoms with van der Waals surface area (Å²) in [4.78, 5) is 37.3. The molecule has 0 radical (unpaired) electrons. The summed E-state index contributed by atoms with van der Waals surface area (Å²) in [7, 11) is 0. The van der Waals surface area contributed by atoms with Gasteiger partial charge in [0.25, 0.3) is 0 Å². The minimum absolute atomic E-state index is 0.0249. The van der Waals surface area contributed by atoms with Crippen molar-refractivity contribution < 1.29 is 23.9 Å². The fourth-order valence-corrected chi connectivity index (χ4v) is 3.09. The molecule has 0 bridgehead atoms. The molecule has 0 aliphatic carbocycles. The number of Topliss-reactive ketones (excluding diaryl/α,β-unsaturated/α-hetero) is 1. The van der Waals surface area contributed by atoms with Crippen molar-refractivity contribution in [1.29, 1.82) is 0 Å². The van der Waals surface area contributed by atoms with Crippen molar-refractivity contribution in [3.05, 3.63) is 0 Å². The SMILES string of the molecule is CCOC(=O)CN1C(C)CC(C(=O)OCC)CC1CC(C)=O. The van der Waals surface area contributed by atoms with Crippen molar-refractivity contribution in [1.82, 2.24) is 4.90 Å². The van der Waals surface area contributed by atoms with E-state index in [-0.39, 0.29) is 42.3 Å². The summed E-state index contributed by atoms with van der Waals surface area (Å²) in [6, 6.07) is -0.100. The summed E-state index contributed by atoms with van der Waals surface area (Å²) in [5, 5.41) is 0. The van der Waals surface area contributed by atoms with E-state index in [4.69, 9.17) is 9.47 Å². The van der Waals surface area contributed by atoms with Crippen molar-refractivity contribution in [3.8, 4) is 0 Å². The number of nitrogens with zero attached hydrogens (tertiary/aromatic N) is 1. The molecule has 3 atom stereocenters. The maximum absolute atomic E-state index is 12.0. The Balaban J connectivity index is 2.80. The second kappa shape index (κ2) is 8.88. The summed E-state index contributed by atoms with van der Waals surface area (Å²) >= 11 is 0. The quantitative estimate of drug-likeness (QED) is 0.664. The third-order valence-electron chi connectivity index (χ3n) is 3.98. The van der Waals surface area contributed by atoms with Crippen molar-refractivity contribution >= 4 is 17.7 Å². The van der Waals surface area contributed by atoms with Crippen molar-refractivity contribution in [2.75, 3.05) is 19.8 Å². The van der Waals surface area contributed by atoms with E-state index in [0.29, 0.717) is 32.5 Å². The first-order valence-corrected chi connectivity index (χ1v) is 7.96. The number of ketones is 1. The first-order chi connectivity index (χ1) is 10.4. The van der Waals surface area contributed by atoms with Gasteiger partial charge in [-0.25, -0.2) is 0 Å². The molecule has 0 amide bonds. The van der Waals surface area contributed by atoms with Gasteiger partial charge < -0.3 is 9.47 Å². The lowest BCUT2D eigenvalue weighted by atomic mass is 9.84. The molecule has 1 heterocycles. The monoisotopic (exact) mass is 313 g/mol. The van der Waals surface area contributed by atoms with Crippen LogP contribution in [0.4, 0.5) is 0 Å². The molecule has 0 aromatic carbocycles. The molecule has 3 unspecified atom stereocenters. The van der Waals surface area contributed by atoms with Crippen LogP contribution in [0, 0.1) is 5.92 Å². The minimum atomic E-state index is -0.294. The van der Waals surface area contributed by atoms with Crippen molar-refractivity contribution in [2.24, 2.45) is 5.92 Å². The van der Waals surface area contributed by atoms with E-state index in [1.807, 2.05) is 11.8 Å².